The third kappa shape index (κ3) is 3.74. The molecule has 25 heavy (non-hydrogen) atoms. The van der Waals surface area contributed by atoms with Crippen molar-refractivity contribution in [3.63, 3.8) is 0 Å². The second-order valence-electron chi connectivity index (χ2n) is 6.49. The maximum Gasteiger partial charge on any atom is 0.279 e. The lowest BCUT2D eigenvalue weighted by Gasteiger charge is -2.19. The topological polar surface area (TPSA) is 52.0 Å². The average molecular weight is 343 g/mol. The molecule has 4 rings (SSSR count). The summed E-state index contributed by atoms with van der Waals surface area (Å²) in [4.78, 5) is 13.5. The standard InChI is InChI=1S/C19H19FN2O3/c20-16-4-2-1-3-13(16)10-22(15-6-7-15)11-19(23)21-14-5-8-17-18(9-14)25-12-24-17/h1-5,8-9,15H,6-7,10-12H2,(H,21,23)/p+1. The van der Waals surface area contributed by atoms with Crippen molar-refractivity contribution >= 4 is 11.6 Å². The molecule has 1 saturated carbocycles. The van der Waals surface area contributed by atoms with Gasteiger partial charge in [0.25, 0.3) is 5.91 Å². The van der Waals surface area contributed by atoms with Crippen molar-refractivity contribution in [1.82, 2.24) is 0 Å². The van der Waals surface area contributed by atoms with Crippen molar-refractivity contribution in [2.24, 2.45) is 0 Å². The molecule has 2 aliphatic rings. The number of hydrogen-bond donors (Lipinski definition) is 2. The lowest BCUT2D eigenvalue weighted by Crippen LogP contribution is -3.13. The van der Waals surface area contributed by atoms with E-state index in [1.165, 1.54) is 6.07 Å². The quantitative estimate of drug-likeness (QED) is 0.840. The van der Waals surface area contributed by atoms with E-state index in [0.717, 1.165) is 17.7 Å². The molecule has 5 nitrogen and oxygen atoms in total. The highest BCUT2D eigenvalue weighted by Gasteiger charge is 2.35. The van der Waals surface area contributed by atoms with E-state index in [1.54, 1.807) is 30.3 Å². The summed E-state index contributed by atoms with van der Waals surface area (Å²) >= 11 is 0. The number of fused-ring (bicyclic) bond motifs is 1. The van der Waals surface area contributed by atoms with Crippen LogP contribution in [-0.2, 0) is 11.3 Å². The fraction of sp³-hybridized carbons (Fsp3) is 0.316. The van der Waals surface area contributed by atoms with Gasteiger partial charge < -0.3 is 19.7 Å². The minimum absolute atomic E-state index is 0.0860. The highest BCUT2D eigenvalue weighted by atomic mass is 19.1. The molecule has 0 spiro atoms. The van der Waals surface area contributed by atoms with Gasteiger partial charge in [-0.15, -0.1) is 0 Å². The fourth-order valence-electron chi connectivity index (χ4n) is 3.11. The minimum Gasteiger partial charge on any atom is -0.454 e. The van der Waals surface area contributed by atoms with Gasteiger partial charge in [0.15, 0.2) is 18.0 Å². The summed E-state index contributed by atoms with van der Waals surface area (Å²) in [5.41, 5.74) is 1.33. The molecule has 1 aliphatic heterocycles. The number of anilines is 1. The number of rotatable bonds is 6. The van der Waals surface area contributed by atoms with Crippen molar-refractivity contribution < 1.29 is 23.6 Å². The fourth-order valence-corrected chi connectivity index (χ4v) is 3.11. The van der Waals surface area contributed by atoms with Gasteiger partial charge in [-0.3, -0.25) is 4.79 Å². The first kappa shape index (κ1) is 15.9. The van der Waals surface area contributed by atoms with Crippen LogP contribution in [0.3, 0.4) is 0 Å². The van der Waals surface area contributed by atoms with Crippen LogP contribution >= 0.6 is 0 Å². The second-order valence-corrected chi connectivity index (χ2v) is 6.49. The Labute approximate surface area is 145 Å². The first-order valence-electron chi connectivity index (χ1n) is 8.46. The summed E-state index contributed by atoms with van der Waals surface area (Å²) in [5, 5.41) is 2.90. The van der Waals surface area contributed by atoms with E-state index in [9.17, 15) is 9.18 Å². The predicted octanol–water partition coefficient (Wildman–Crippen LogP) is 1.74. The van der Waals surface area contributed by atoms with Gasteiger partial charge in [0.05, 0.1) is 6.04 Å². The van der Waals surface area contributed by atoms with E-state index in [1.807, 2.05) is 6.07 Å². The second kappa shape index (κ2) is 6.72. The molecule has 2 aromatic rings. The molecule has 130 valence electrons. The summed E-state index contributed by atoms with van der Waals surface area (Å²) in [7, 11) is 0. The normalized spacial score (nSPS) is 16.5. The number of nitrogens with one attached hydrogen (secondary N) is 2. The van der Waals surface area contributed by atoms with Gasteiger partial charge in [-0.2, -0.15) is 0 Å². The third-order valence-electron chi connectivity index (χ3n) is 4.57. The Morgan fingerprint density at radius 3 is 2.76 bits per heavy atom. The van der Waals surface area contributed by atoms with E-state index in [4.69, 9.17) is 9.47 Å². The van der Waals surface area contributed by atoms with Crippen molar-refractivity contribution in [3.8, 4) is 11.5 Å². The highest BCUT2D eigenvalue weighted by molar-refractivity contribution is 5.91. The molecule has 1 atom stereocenters. The molecule has 2 aromatic carbocycles. The van der Waals surface area contributed by atoms with Crippen LogP contribution in [0.25, 0.3) is 0 Å². The Hall–Kier alpha value is -2.60. The Morgan fingerprint density at radius 2 is 1.96 bits per heavy atom. The van der Waals surface area contributed by atoms with Gasteiger partial charge in [-0.05, 0) is 18.2 Å². The maximum atomic E-state index is 13.9. The summed E-state index contributed by atoms with van der Waals surface area (Å²) in [6, 6.07) is 12.5. The average Bonchev–Trinajstić information content (AvgIpc) is 3.34. The third-order valence-corrected chi connectivity index (χ3v) is 4.57. The number of halogens is 1. The zero-order valence-electron chi connectivity index (χ0n) is 13.8. The number of carbonyl (C=O) groups excluding carboxylic acids is 1. The Bertz CT molecular complexity index is 792. The van der Waals surface area contributed by atoms with Crippen molar-refractivity contribution in [3.05, 3.63) is 53.8 Å². The summed E-state index contributed by atoms with van der Waals surface area (Å²) in [5.74, 6) is 1.02. The molecule has 1 aliphatic carbocycles. The van der Waals surface area contributed by atoms with Gasteiger partial charge in [0, 0.05) is 30.2 Å². The molecular formula is C19H20FN2O3+. The SMILES string of the molecule is O=C(C[NH+](Cc1ccccc1F)C1CC1)Nc1ccc2c(c1)OCO2. The van der Waals surface area contributed by atoms with Gasteiger partial charge in [0.1, 0.15) is 12.4 Å². The monoisotopic (exact) mass is 343 g/mol. The van der Waals surface area contributed by atoms with Crippen molar-refractivity contribution in [2.45, 2.75) is 25.4 Å². The molecule has 6 heteroatoms. The van der Waals surface area contributed by atoms with Crippen LogP contribution in [0.5, 0.6) is 11.5 Å². The molecule has 1 amide bonds. The van der Waals surface area contributed by atoms with Gasteiger partial charge in [-0.25, -0.2) is 4.39 Å². The Kier molecular flexibility index (Phi) is 4.28. The first-order chi connectivity index (χ1) is 12.2. The van der Waals surface area contributed by atoms with E-state index in [0.29, 0.717) is 41.9 Å². The zero-order chi connectivity index (χ0) is 17.2. The maximum absolute atomic E-state index is 13.9. The van der Waals surface area contributed by atoms with E-state index < -0.39 is 0 Å². The van der Waals surface area contributed by atoms with E-state index in [2.05, 4.69) is 5.32 Å². The molecule has 1 heterocycles. The molecule has 0 aromatic heterocycles. The highest BCUT2D eigenvalue weighted by Crippen LogP contribution is 2.34. The smallest absolute Gasteiger partial charge is 0.279 e. The zero-order valence-corrected chi connectivity index (χ0v) is 13.8. The molecular weight excluding hydrogens is 323 g/mol. The summed E-state index contributed by atoms with van der Waals surface area (Å²) < 4.78 is 24.5. The Balaban J connectivity index is 1.40. The van der Waals surface area contributed by atoms with Crippen molar-refractivity contribution in [1.29, 1.82) is 0 Å². The van der Waals surface area contributed by atoms with Gasteiger partial charge in [0.2, 0.25) is 6.79 Å². The molecule has 0 bridgehead atoms. The van der Waals surface area contributed by atoms with E-state index in [-0.39, 0.29) is 18.5 Å². The van der Waals surface area contributed by atoms with Crippen LogP contribution in [0.1, 0.15) is 18.4 Å². The molecule has 1 unspecified atom stereocenters. The lowest BCUT2D eigenvalue weighted by molar-refractivity contribution is -0.917. The molecule has 0 saturated heterocycles. The van der Waals surface area contributed by atoms with Crippen molar-refractivity contribution in [2.75, 3.05) is 18.7 Å². The lowest BCUT2D eigenvalue weighted by atomic mass is 10.2. The molecule has 1 fully saturated rings. The van der Waals surface area contributed by atoms with Crippen LogP contribution in [0.4, 0.5) is 10.1 Å². The van der Waals surface area contributed by atoms with Crippen LogP contribution in [0, 0.1) is 5.82 Å². The van der Waals surface area contributed by atoms with E-state index >= 15 is 0 Å². The van der Waals surface area contributed by atoms with Crippen LogP contribution in [-0.4, -0.2) is 25.3 Å². The largest absolute Gasteiger partial charge is 0.454 e. The summed E-state index contributed by atoms with van der Waals surface area (Å²) in [6.07, 6.45) is 2.17. The Morgan fingerprint density at radius 1 is 1.16 bits per heavy atom. The van der Waals surface area contributed by atoms with Crippen LogP contribution in [0.15, 0.2) is 42.5 Å². The number of amides is 1. The number of carbonyl (C=O) groups is 1. The number of hydrogen-bond acceptors (Lipinski definition) is 3. The summed E-state index contributed by atoms with van der Waals surface area (Å²) in [6.45, 7) is 1.04. The van der Waals surface area contributed by atoms with Crippen LogP contribution < -0.4 is 19.7 Å². The van der Waals surface area contributed by atoms with Gasteiger partial charge >= 0.3 is 0 Å². The minimum atomic E-state index is -0.211. The number of ether oxygens (including phenoxy) is 2. The molecule has 2 N–H and O–H groups in total. The molecule has 0 radical (unpaired) electrons. The first-order valence-corrected chi connectivity index (χ1v) is 8.46. The van der Waals surface area contributed by atoms with Crippen LogP contribution in [0.2, 0.25) is 0 Å². The number of quaternary nitrogens is 1. The predicted molar refractivity (Wildman–Crippen MR) is 90.2 cm³/mol. The van der Waals surface area contributed by atoms with Gasteiger partial charge in [-0.1, -0.05) is 18.2 Å². The number of benzene rings is 2.